The summed E-state index contributed by atoms with van der Waals surface area (Å²) in [6.45, 7) is 2.59. The molecule has 0 spiro atoms. The number of hydrogen-bond donors (Lipinski definition) is 2. The monoisotopic (exact) mass is 406 g/mol. The zero-order valence-electron chi connectivity index (χ0n) is 18.4. The van der Waals surface area contributed by atoms with E-state index in [1.807, 2.05) is 37.3 Å². The lowest BCUT2D eigenvalue weighted by molar-refractivity contribution is -0.138. The Morgan fingerprint density at radius 1 is 0.862 bits per heavy atom. The molecule has 1 aromatic rings. The Hall–Kier alpha value is -1.39. The van der Waals surface area contributed by atoms with Gasteiger partial charge in [-0.2, -0.15) is 0 Å². The summed E-state index contributed by atoms with van der Waals surface area (Å²) in [5.41, 5.74) is 1.14. The van der Waals surface area contributed by atoms with Crippen LogP contribution in [0, 0.1) is 0 Å². The molecule has 0 fully saturated rings. The SMILES string of the molecule is CCC(O)CCCCCCCCCCCC(CCC(=O)O)OCc1ccccc1. The summed E-state index contributed by atoms with van der Waals surface area (Å²) in [5.74, 6) is -0.748. The predicted octanol–water partition coefficient (Wildman–Crippen LogP) is 6.50. The Balaban J connectivity index is 2.06. The number of aliphatic carboxylic acids is 1. The van der Waals surface area contributed by atoms with Crippen molar-refractivity contribution in [2.45, 2.75) is 116 Å². The number of carboxylic acid groups (broad SMARTS) is 1. The van der Waals surface area contributed by atoms with Crippen LogP contribution in [0.1, 0.15) is 102 Å². The van der Waals surface area contributed by atoms with E-state index in [2.05, 4.69) is 0 Å². The summed E-state index contributed by atoms with van der Waals surface area (Å²) in [6.07, 6.45) is 14.5. The highest BCUT2D eigenvalue weighted by atomic mass is 16.5. The number of hydrogen-bond acceptors (Lipinski definition) is 3. The van der Waals surface area contributed by atoms with E-state index in [4.69, 9.17) is 9.84 Å². The zero-order valence-corrected chi connectivity index (χ0v) is 18.4. The van der Waals surface area contributed by atoms with Crippen LogP contribution in [0.15, 0.2) is 30.3 Å². The molecule has 4 nitrogen and oxygen atoms in total. The Bertz CT molecular complexity index is 503. The third-order valence-corrected chi connectivity index (χ3v) is 5.54. The van der Waals surface area contributed by atoms with Crippen molar-refractivity contribution >= 4 is 5.97 Å². The lowest BCUT2D eigenvalue weighted by atomic mass is 10.0. The minimum Gasteiger partial charge on any atom is -0.481 e. The lowest BCUT2D eigenvalue weighted by Crippen LogP contribution is -2.15. The first-order valence-electron chi connectivity index (χ1n) is 11.7. The third kappa shape index (κ3) is 15.2. The molecule has 0 aliphatic heterocycles. The van der Waals surface area contributed by atoms with Gasteiger partial charge in [-0.05, 0) is 31.2 Å². The van der Waals surface area contributed by atoms with E-state index < -0.39 is 5.97 Å². The van der Waals surface area contributed by atoms with Crippen molar-refractivity contribution in [1.82, 2.24) is 0 Å². The highest BCUT2D eigenvalue weighted by Crippen LogP contribution is 2.17. The Morgan fingerprint density at radius 2 is 1.41 bits per heavy atom. The number of aliphatic hydroxyl groups is 1. The minimum atomic E-state index is -0.748. The molecule has 0 amide bonds. The van der Waals surface area contributed by atoms with Gasteiger partial charge in [0.25, 0.3) is 0 Å². The first-order valence-corrected chi connectivity index (χ1v) is 11.7. The molecule has 0 heterocycles. The number of carbonyl (C=O) groups is 1. The summed E-state index contributed by atoms with van der Waals surface area (Å²) >= 11 is 0. The van der Waals surface area contributed by atoms with E-state index >= 15 is 0 Å². The smallest absolute Gasteiger partial charge is 0.303 e. The molecule has 1 aromatic carbocycles. The molecular formula is C25H42O4. The van der Waals surface area contributed by atoms with Crippen molar-refractivity contribution in [3.05, 3.63) is 35.9 Å². The molecule has 2 atom stereocenters. The number of ether oxygens (including phenoxy) is 1. The molecule has 166 valence electrons. The average Bonchev–Trinajstić information content (AvgIpc) is 2.73. The van der Waals surface area contributed by atoms with Crippen molar-refractivity contribution in [3.63, 3.8) is 0 Å². The molecule has 0 bridgehead atoms. The summed E-state index contributed by atoms with van der Waals surface area (Å²) < 4.78 is 6.00. The second-order valence-corrected chi connectivity index (χ2v) is 8.17. The fourth-order valence-electron chi connectivity index (χ4n) is 3.58. The summed E-state index contributed by atoms with van der Waals surface area (Å²) in [7, 11) is 0. The standard InChI is InChI=1S/C25H42O4/c1-2-23(26)17-13-8-6-4-3-5-7-9-14-18-24(19-20-25(27)28)29-21-22-15-11-10-12-16-22/h10-12,15-16,23-24,26H,2-9,13-14,17-21H2,1H3,(H,27,28). The van der Waals surface area contributed by atoms with Crippen LogP contribution in [0.2, 0.25) is 0 Å². The Kier molecular flexibility index (Phi) is 15.4. The molecule has 0 aliphatic carbocycles. The normalized spacial score (nSPS) is 13.3. The number of unbranched alkanes of at least 4 members (excludes halogenated alkanes) is 8. The average molecular weight is 407 g/mol. The number of rotatable bonds is 19. The highest BCUT2D eigenvalue weighted by molar-refractivity contribution is 5.66. The maximum Gasteiger partial charge on any atom is 0.303 e. The largest absolute Gasteiger partial charge is 0.481 e. The molecule has 4 heteroatoms. The zero-order chi connectivity index (χ0) is 21.2. The number of aliphatic hydroxyl groups excluding tert-OH is 1. The van der Waals surface area contributed by atoms with Gasteiger partial charge >= 0.3 is 5.97 Å². The Morgan fingerprint density at radius 3 is 1.97 bits per heavy atom. The van der Waals surface area contributed by atoms with Crippen molar-refractivity contribution in [2.24, 2.45) is 0 Å². The molecule has 0 radical (unpaired) electrons. The maximum absolute atomic E-state index is 10.9. The van der Waals surface area contributed by atoms with E-state index in [9.17, 15) is 9.90 Å². The fraction of sp³-hybridized carbons (Fsp3) is 0.720. The van der Waals surface area contributed by atoms with Gasteiger partial charge in [-0.15, -0.1) is 0 Å². The van der Waals surface area contributed by atoms with Gasteiger partial charge in [0.1, 0.15) is 0 Å². The number of carboxylic acids is 1. The molecule has 0 saturated heterocycles. The first kappa shape index (κ1) is 25.6. The molecule has 29 heavy (non-hydrogen) atoms. The summed E-state index contributed by atoms with van der Waals surface area (Å²) in [4.78, 5) is 10.9. The van der Waals surface area contributed by atoms with Gasteiger partial charge in [0.15, 0.2) is 0 Å². The fourth-order valence-corrected chi connectivity index (χ4v) is 3.58. The second kappa shape index (κ2) is 17.5. The van der Waals surface area contributed by atoms with E-state index in [0.29, 0.717) is 13.0 Å². The number of benzene rings is 1. The Labute approximate surface area is 177 Å². The third-order valence-electron chi connectivity index (χ3n) is 5.54. The van der Waals surface area contributed by atoms with E-state index in [-0.39, 0.29) is 18.6 Å². The molecule has 0 saturated carbocycles. The van der Waals surface area contributed by atoms with Crippen LogP contribution in [0.5, 0.6) is 0 Å². The van der Waals surface area contributed by atoms with Gasteiger partial charge in [-0.1, -0.05) is 95.0 Å². The molecule has 1 rings (SSSR count). The summed E-state index contributed by atoms with van der Waals surface area (Å²) in [5, 5.41) is 18.5. The molecular weight excluding hydrogens is 364 g/mol. The quantitative estimate of drug-likeness (QED) is 0.257. The molecule has 2 unspecified atom stereocenters. The van der Waals surface area contributed by atoms with Crippen molar-refractivity contribution in [2.75, 3.05) is 0 Å². The summed E-state index contributed by atoms with van der Waals surface area (Å²) in [6, 6.07) is 10.1. The van der Waals surface area contributed by atoms with E-state index in [0.717, 1.165) is 37.7 Å². The molecule has 0 aliphatic rings. The van der Waals surface area contributed by atoms with Crippen LogP contribution < -0.4 is 0 Å². The van der Waals surface area contributed by atoms with Crippen LogP contribution in [0.25, 0.3) is 0 Å². The van der Waals surface area contributed by atoms with Crippen LogP contribution >= 0.6 is 0 Å². The van der Waals surface area contributed by atoms with Gasteiger partial charge in [-0.3, -0.25) is 4.79 Å². The second-order valence-electron chi connectivity index (χ2n) is 8.17. The highest BCUT2D eigenvalue weighted by Gasteiger charge is 2.11. The van der Waals surface area contributed by atoms with E-state index in [1.54, 1.807) is 0 Å². The molecule has 2 N–H and O–H groups in total. The van der Waals surface area contributed by atoms with Crippen LogP contribution in [-0.2, 0) is 16.1 Å². The van der Waals surface area contributed by atoms with Gasteiger partial charge < -0.3 is 14.9 Å². The topological polar surface area (TPSA) is 66.8 Å². The maximum atomic E-state index is 10.9. The van der Waals surface area contributed by atoms with Gasteiger partial charge in [-0.25, -0.2) is 0 Å². The van der Waals surface area contributed by atoms with Crippen LogP contribution in [0.3, 0.4) is 0 Å². The van der Waals surface area contributed by atoms with Crippen LogP contribution in [-0.4, -0.2) is 28.4 Å². The van der Waals surface area contributed by atoms with Crippen molar-refractivity contribution < 1.29 is 19.7 Å². The van der Waals surface area contributed by atoms with Gasteiger partial charge in [0.05, 0.1) is 18.8 Å². The van der Waals surface area contributed by atoms with Gasteiger partial charge in [0, 0.05) is 6.42 Å². The first-order chi connectivity index (χ1) is 14.1. The predicted molar refractivity (Wildman–Crippen MR) is 119 cm³/mol. The van der Waals surface area contributed by atoms with Crippen molar-refractivity contribution in [1.29, 1.82) is 0 Å². The lowest BCUT2D eigenvalue weighted by Gasteiger charge is -2.17. The molecule has 0 aromatic heterocycles. The van der Waals surface area contributed by atoms with Crippen molar-refractivity contribution in [3.8, 4) is 0 Å². The van der Waals surface area contributed by atoms with E-state index in [1.165, 1.54) is 44.9 Å². The van der Waals surface area contributed by atoms with Gasteiger partial charge in [0.2, 0.25) is 0 Å². The minimum absolute atomic E-state index is 0.0322. The van der Waals surface area contributed by atoms with Crippen LogP contribution in [0.4, 0.5) is 0 Å².